The predicted molar refractivity (Wildman–Crippen MR) is 71.7 cm³/mol. The monoisotopic (exact) mass is 253 g/mol. The standard InChI is InChI=1S/C14H23NO3/c1-6-11(2)10-15(12-8-7-9-17-12)13(16)18-14(3,4)5/h7-9,11H,6,10H2,1-5H3. The molecule has 0 aliphatic carbocycles. The van der Waals surface area contributed by atoms with Crippen LogP contribution in [-0.4, -0.2) is 18.2 Å². The Balaban J connectivity index is 2.81. The fraction of sp³-hybridized carbons (Fsp3) is 0.643. The zero-order valence-corrected chi connectivity index (χ0v) is 11.9. The van der Waals surface area contributed by atoms with Gasteiger partial charge < -0.3 is 9.15 Å². The van der Waals surface area contributed by atoms with Gasteiger partial charge in [0.2, 0.25) is 5.88 Å². The van der Waals surface area contributed by atoms with Crippen LogP contribution >= 0.6 is 0 Å². The molecule has 4 nitrogen and oxygen atoms in total. The summed E-state index contributed by atoms with van der Waals surface area (Å²) in [6.07, 6.45) is 2.20. The van der Waals surface area contributed by atoms with Crippen LogP contribution in [-0.2, 0) is 4.74 Å². The molecule has 1 heterocycles. The van der Waals surface area contributed by atoms with Crippen LogP contribution in [0.2, 0.25) is 0 Å². The smallest absolute Gasteiger partial charge is 0.417 e. The van der Waals surface area contributed by atoms with E-state index in [2.05, 4.69) is 13.8 Å². The van der Waals surface area contributed by atoms with Gasteiger partial charge in [-0.25, -0.2) is 9.69 Å². The van der Waals surface area contributed by atoms with E-state index in [4.69, 9.17) is 9.15 Å². The summed E-state index contributed by atoms with van der Waals surface area (Å²) in [6, 6.07) is 3.54. The van der Waals surface area contributed by atoms with Gasteiger partial charge in [0.25, 0.3) is 0 Å². The number of furan rings is 1. The quantitative estimate of drug-likeness (QED) is 0.812. The summed E-state index contributed by atoms with van der Waals surface area (Å²) in [5.41, 5.74) is -0.503. The van der Waals surface area contributed by atoms with Crippen LogP contribution in [0.4, 0.5) is 10.7 Å². The number of rotatable bonds is 4. The molecule has 1 rings (SSSR count). The number of anilines is 1. The van der Waals surface area contributed by atoms with Gasteiger partial charge in [0.1, 0.15) is 5.60 Å². The van der Waals surface area contributed by atoms with Crippen molar-refractivity contribution in [3.05, 3.63) is 18.4 Å². The number of hydrogen-bond donors (Lipinski definition) is 0. The van der Waals surface area contributed by atoms with Gasteiger partial charge in [0.05, 0.1) is 6.26 Å². The topological polar surface area (TPSA) is 42.7 Å². The third-order valence-corrected chi connectivity index (χ3v) is 2.58. The van der Waals surface area contributed by atoms with Crippen LogP contribution in [0.15, 0.2) is 22.8 Å². The first-order valence-corrected chi connectivity index (χ1v) is 6.37. The van der Waals surface area contributed by atoms with Crippen LogP contribution in [0.1, 0.15) is 41.0 Å². The van der Waals surface area contributed by atoms with Crippen molar-refractivity contribution in [1.29, 1.82) is 0 Å². The van der Waals surface area contributed by atoms with E-state index in [9.17, 15) is 4.79 Å². The summed E-state index contributed by atoms with van der Waals surface area (Å²) in [7, 11) is 0. The van der Waals surface area contributed by atoms with Gasteiger partial charge in [-0.2, -0.15) is 0 Å². The fourth-order valence-electron chi connectivity index (χ4n) is 1.44. The lowest BCUT2D eigenvalue weighted by atomic mass is 10.1. The maximum atomic E-state index is 12.2. The fourth-order valence-corrected chi connectivity index (χ4v) is 1.44. The summed E-state index contributed by atoms with van der Waals surface area (Å²) in [6.45, 7) is 10.4. The SMILES string of the molecule is CCC(C)CN(C(=O)OC(C)(C)C)c1ccco1. The van der Waals surface area contributed by atoms with Crippen LogP contribution in [0.25, 0.3) is 0 Å². The molecule has 1 aromatic heterocycles. The maximum Gasteiger partial charge on any atom is 0.417 e. The zero-order valence-electron chi connectivity index (χ0n) is 11.9. The van der Waals surface area contributed by atoms with Crippen molar-refractivity contribution in [2.75, 3.05) is 11.4 Å². The average molecular weight is 253 g/mol. The van der Waals surface area contributed by atoms with Crippen molar-refractivity contribution in [2.24, 2.45) is 5.92 Å². The van der Waals surface area contributed by atoms with Gasteiger partial charge in [-0.15, -0.1) is 0 Å². The molecule has 0 spiro atoms. The second-order valence-electron chi connectivity index (χ2n) is 5.56. The highest BCUT2D eigenvalue weighted by atomic mass is 16.6. The molecule has 1 atom stereocenters. The second kappa shape index (κ2) is 5.94. The summed E-state index contributed by atoms with van der Waals surface area (Å²) in [5.74, 6) is 0.923. The molecule has 0 saturated carbocycles. The molecule has 1 unspecified atom stereocenters. The van der Waals surface area contributed by atoms with Crippen molar-refractivity contribution in [2.45, 2.75) is 46.6 Å². The van der Waals surface area contributed by atoms with Crippen LogP contribution in [0.5, 0.6) is 0 Å². The van der Waals surface area contributed by atoms with Gasteiger partial charge >= 0.3 is 6.09 Å². The maximum absolute atomic E-state index is 12.2. The largest absolute Gasteiger partial charge is 0.448 e. The summed E-state index contributed by atoms with van der Waals surface area (Å²) in [5, 5.41) is 0. The van der Waals surface area contributed by atoms with Crippen LogP contribution in [0.3, 0.4) is 0 Å². The summed E-state index contributed by atoms with van der Waals surface area (Å²) < 4.78 is 10.7. The van der Waals surface area contributed by atoms with Crippen molar-refractivity contribution in [1.82, 2.24) is 0 Å². The van der Waals surface area contributed by atoms with Gasteiger partial charge in [0.15, 0.2) is 0 Å². The lowest BCUT2D eigenvalue weighted by Crippen LogP contribution is -2.39. The number of amides is 1. The van der Waals surface area contributed by atoms with Gasteiger partial charge in [-0.05, 0) is 32.8 Å². The zero-order chi connectivity index (χ0) is 13.8. The van der Waals surface area contributed by atoms with E-state index in [1.54, 1.807) is 23.3 Å². The number of ether oxygens (including phenoxy) is 1. The lowest BCUT2D eigenvalue weighted by molar-refractivity contribution is 0.0569. The molecular formula is C14H23NO3. The molecule has 0 aliphatic rings. The van der Waals surface area contributed by atoms with E-state index in [1.165, 1.54) is 0 Å². The van der Waals surface area contributed by atoms with E-state index in [1.807, 2.05) is 20.8 Å². The van der Waals surface area contributed by atoms with Gasteiger partial charge in [0, 0.05) is 12.6 Å². The number of carbonyl (C=O) groups excluding carboxylic acids is 1. The number of nitrogens with zero attached hydrogens (tertiary/aromatic N) is 1. The molecule has 0 aromatic carbocycles. The van der Waals surface area contributed by atoms with Crippen molar-refractivity contribution in [3.8, 4) is 0 Å². The minimum absolute atomic E-state index is 0.363. The number of carbonyl (C=O) groups is 1. The molecule has 0 bridgehead atoms. The molecular weight excluding hydrogens is 230 g/mol. The predicted octanol–water partition coefficient (Wildman–Crippen LogP) is 4.07. The highest BCUT2D eigenvalue weighted by Gasteiger charge is 2.25. The minimum Gasteiger partial charge on any atom is -0.448 e. The summed E-state index contributed by atoms with van der Waals surface area (Å²) >= 11 is 0. The molecule has 0 aliphatic heterocycles. The molecule has 1 aromatic rings. The Morgan fingerprint density at radius 1 is 1.50 bits per heavy atom. The van der Waals surface area contributed by atoms with Crippen molar-refractivity contribution in [3.63, 3.8) is 0 Å². The Labute approximate surface area is 109 Å². The third-order valence-electron chi connectivity index (χ3n) is 2.58. The average Bonchev–Trinajstić information content (AvgIpc) is 2.75. The van der Waals surface area contributed by atoms with E-state index in [-0.39, 0.29) is 6.09 Å². The molecule has 0 saturated heterocycles. The van der Waals surface area contributed by atoms with Crippen LogP contribution < -0.4 is 4.90 Å². The van der Waals surface area contributed by atoms with Crippen molar-refractivity contribution >= 4 is 12.0 Å². The first-order chi connectivity index (χ1) is 8.33. The van der Waals surface area contributed by atoms with E-state index >= 15 is 0 Å². The van der Waals surface area contributed by atoms with E-state index < -0.39 is 5.60 Å². The van der Waals surface area contributed by atoms with E-state index in [0.29, 0.717) is 18.3 Å². The Hall–Kier alpha value is -1.45. The molecule has 1 amide bonds. The highest BCUT2D eigenvalue weighted by Crippen LogP contribution is 2.20. The van der Waals surface area contributed by atoms with Gasteiger partial charge in [-0.3, -0.25) is 0 Å². The lowest BCUT2D eigenvalue weighted by Gasteiger charge is -2.27. The molecule has 0 radical (unpaired) electrons. The first-order valence-electron chi connectivity index (χ1n) is 6.37. The Kier molecular flexibility index (Phi) is 4.82. The second-order valence-corrected chi connectivity index (χ2v) is 5.56. The minimum atomic E-state index is -0.503. The summed E-state index contributed by atoms with van der Waals surface area (Å²) in [4.78, 5) is 13.7. The van der Waals surface area contributed by atoms with Crippen molar-refractivity contribution < 1.29 is 13.9 Å². The molecule has 0 N–H and O–H groups in total. The number of hydrogen-bond acceptors (Lipinski definition) is 3. The normalized spacial score (nSPS) is 13.2. The third kappa shape index (κ3) is 4.43. The van der Waals surface area contributed by atoms with Crippen LogP contribution in [0, 0.1) is 5.92 Å². The van der Waals surface area contributed by atoms with Gasteiger partial charge in [-0.1, -0.05) is 20.3 Å². The Bertz CT molecular complexity index is 365. The molecule has 0 fully saturated rings. The molecule has 102 valence electrons. The Morgan fingerprint density at radius 2 is 2.17 bits per heavy atom. The molecule has 4 heteroatoms. The Morgan fingerprint density at radius 3 is 2.61 bits per heavy atom. The highest BCUT2D eigenvalue weighted by molar-refractivity contribution is 5.86. The first kappa shape index (κ1) is 14.6. The van der Waals surface area contributed by atoms with E-state index in [0.717, 1.165) is 6.42 Å². The molecule has 18 heavy (non-hydrogen) atoms.